The maximum absolute atomic E-state index is 8.69. The van der Waals surface area contributed by atoms with Crippen LogP contribution in [0.3, 0.4) is 0 Å². The average molecular weight is 343 g/mol. The molecule has 1 aliphatic rings. The summed E-state index contributed by atoms with van der Waals surface area (Å²) in [4.78, 5) is 2.21. The molecule has 4 aromatic rings. The molecule has 5 rings (SSSR count). The number of benzene rings is 4. The van der Waals surface area contributed by atoms with Gasteiger partial charge in [-0.1, -0.05) is 72.8 Å². The van der Waals surface area contributed by atoms with Crippen LogP contribution in [0.2, 0.25) is 0 Å². The molecule has 0 amide bonds. The van der Waals surface area contributed by atoms with E-state index in [1.807, 2.05) is 0 Å². The number of hydrogen-bond acceptors (Lipinski definition) is 2. The van der Waals surface area contributed by atoms with E-state index < -0.39 is 0 Å². The van der Waals surface area contributed by atoms with Gasteiger partial charge in [0.15, 0.2) is 0 Å². The van der Waals surface area contributed by atoms with Crippen molar-refractivity contribution in [2.45, 2.75) is 18.9 Å². The predicted octanol–water partition coefficient (Wildman–Crippen LogP) is 5.22. The Balaban J connectivity index is 0.000000178. The summed E-state index contributed by atoms with van der Waals surface area (Å²) >= 11 is 0. The molecule has 26 heavy (non-hydrogen) atoms. The van der Waals surface area contributed by atoms with Crippen LogP contribution in [0, 0.1) is 0 Å². The Morgan fingerprint density at radius 2 is 1.31 bits per heavy atom. The fraction of sp³-hybridized carbons (Fsp3) is 0.250. The zero-order valence-electron chi connectivity index (χ0n) is 15.2. The average Bonchev–Trinajstić information content (AvgIpc) is 3.13. The molecule has 0 unspecified atom stereocenters. The van der Waals surface area contributed by atoms with Gasteiger partial charge >= 0.3 is 0 Å². The summed E-state index contributed by atoms with van der Waals surface area (Å²) in [5.41, 5.74) is 0. The number of aliphatic hydroxyl groups is 1. The van der Waals surface area contributed by atoms with Crippen molar-refractivity contribution < 1.29 is 5.11 Å². The lowest BCUT2D eigenvalue weighted by Crippen LogP contribution is -2.27. The largest absolute Gasteiger partial charge is 0.395 e. The first-order chi connectivity index (χ1) is 12.8. The van der Waals surface area contributed by atoms with Crippen molar-refractivity contribution in [2.24, 2.45) is 0 Å². The van der Waals surface area contributed by atoms with Crippen molar-refractivity contribution in [3.05, 3.63) is 72.8 Å². The number of hydrogen-bond donors (Lipinski definition) is 1. The third-order valence-electron chi connectivity index (χ3n) is 5.53. The van der Waals surface area contributed by atoms with Crippen LogP contribution < -0.4 is 0 Å². The molecule has 1 N–H and O–H groups in total. The number of likely N-dealkylation sites (N-methyl/N-ethyl adjacent to an activating group) is 1. The zero-order valence-corrected chi connectivity index (χ0v) is 15.2. The molecular formula is C24H25NO. The molecule has 4 aromatic carbocycles. The number of nitrogens with zero attached hydrogens (tertiary/aromatic N) is 1. The lowest BCUT2D eigenvalue weighted by Gasteiger charge is -2.15. The van der Waals surface area contributed by atoms with Gasteiger partial charge in [0.1, 0.15) is 0 Å². The summed E-state index contributed by atoms with van der Waals surface area (Å²) in [7, 11) is 2.06. The quantitative estimate of drug-likeness (QED) is 0.479. The van der Waals surface area contributed by atoms with Gasteiger partial charge in [0.2, 0.25) is 0 Å². The highest BCUT2D eigenvalue weighted by molar-refractivity contribution is 6.17. The van der Waals surface area contributed by atoms with Crippen molar-refractivity contribution in [2.75, 3.05) is 20.2 Å². The Kier molecular flexibility index (Phi) is 4.87. The Morgan fingerprint density at radius 1 is 0.769 bits per heavy atom. The summed E-state index contributed by atoms with van der Waals surface area (Å²) < 4.78 is 0. The van der Waals surface area contributed by atoms with Crippen molar-refractivity contribution in [1.82, 2.24) is 4.90 Å². The zero-order chi connectivity index (χ0) is 17.9. The fourth-order valence-corrected chi connectivity index (χ4v) is 3.98. The van der Waals surface area contributed by atoms with E-state index >= 15 is 0 Å². The SMILES string of the molecule is CN1CCC[C@H]1CO.c1ccc2c(c1)ccc1c3ccccc3ccc21. The minimum atomic E-state index is 0.330. The first-order valence-corrected chi connectivity index (χ1v) is 9.38. The summed E-state index contributed by atoms with van der Waals surface area (Å²) in [5, 5.41) is 16.7. The summed E-state index contributed by atoms with van der Waals surface area (Å²) in [5.74, 6) is 0. The molecule has 0 aromatic heterocycles. The van der Waals surface area contributed by atoms with E-state index in [2.05, 4.69) is 84.7 Å². The predicted molar refractivity (Wildman–Crippen MR) is 112 cm³/mol. The fourth-order valence-electron chi connectivity index (χ4n) is 3.98. The number of rotatable bonds is 1. The van der Waals surface area contributed by atoms with Crippen molar-refractivity contribution in [3.8, 4) is 0 Å². The Hall–Kier alpha value is -2.42. The number of fused-ring (bicyclic) bond motifs is 5. The molecule has 1 aliphatic heterocycles. The molecule has 0 radical (unpaired) electrons. The molecule has 0 spiro atoms. The second-order valence-corrected chi connectivity index (χ2v) is 7.13. The van der Waals surface area contributed by atoms with Gasteiger partial charge in [0.25, 0.3) is 0 Å². The maximum atomic E-state index is 8.69. The van der Waals surface area contributed by atoms with Gasteiger partial charge in [-0.15, -0.1) is 0 Å². The third kappa shape index (κ3) is 3.18. The van der Waals surface area contributed by atoms with E-state index in [0.29, 0.717) is 12.6 Å². The molecule has 132 valence electrons. The Morgan fingerprint density at radius 3 is 1.73 bits per heavy atom. The highest BCUT2D eigenvalue weighted by Crippen LogP contribution is 2.30. The Labute approximate surface area is 154 Å². The van der Waals surface area contributed by atoms with Crippen LogP contribution in [0.25, 0.3) is 32.3 Å². The standard InChI is InChI=1S/C18H12.C6H13NO/c1-3-7-15-13(5-1)9-11-18-16-8-4-2-6-14(16)10-12-17(15)18;1-7-4-2-3-6(7)5-8/h1-12H;6,8H,2-5H2,1H3/t;6-/m.0/s1. The lowest BCUT2D eigenvalue weighted by atomic mass is 9.97. The second-order valence-electron chi connectivity index (χ2n) is 7.13. The molecule has 2 nitrogen and oxygen atoms in total. The Bertz CT molecular complexity index is 965. The van der Waals surface area contributed by atoms with Gasteiger partial charge in [0.05, 0.1) is 6.61 Å². The number of aliphatic hydroxyl groups excluding tert-OH is 1. The maximum Gasteiger partial charge on any atom is 0.0586 e. The van der Waals surface area contributed by atoms with E-state index in [-0.39, 0.29) is 0 Å². The summed E-state index contributed by atoms with van der Waals surface area (Å²) in [6.45, 7) is 1.49. The van der Waals surface area contributed by atoms with Gasteiger partial charge < -0.3 is 10.0 Å². The van der Waals surface area contributed by atoms with E-state index in [9.17, 15) is 0 Å². The minimum absolute atomic E-state index is 0.330. The molecule has 1 atom stereocenters. The molecule has 1 fully saturated rings. The monoisotopic (exact) mass is 343 g/mol. The highest BCUT2D eigenvalue weighted by atomic mass is 16.3. The van der Waals surface area contributed by atoms with Crippen LogP contribution in [0.4, 0.5) is 0 Å². The van der Waals surface area contributed by atoms with Crippen molar-refractivity contribution in [1.29, 1.82) is 0 Å². The molecule has 0 bridgehead atoms. The topological polar surface area (TPSA) is 23.5 Å². The van der Waals surface area contributed by atoms with E-state index in [4.69, 9.17) is 5.11 Å². The van der Waals surface area contributed by atoms with Crippen LogP contribution in [0.15, 0.2) is 72.8 Å². The normalized spacial score (nSPS) is 17.5. The lowest BCUT2D eigenvalue weighted by molar-refractivity contribution is 0.182. The highest BCUT2D eigenvalue weighted by Gasteiger charge is 2.18. The molecule has 0 aliphatic carbocycles. The minimum Gasteiger partial charge on any atom is -0.395 e. The summed E-state index contributed by atoms with van der Waals surface area (Å²) in [6, 6.07) is 26.5. The third-order valence-corrected chi connectivity index (χ3v) is 5.53. The van der Waals surface area contributed by atoms with Gasteiger partial charge in [0, 0.05) is 6.04 Å². The van der Waals surface area contributed by atoms with Crippen LogP contribution >= 0.6 is 0 Å². The molecular weight excluding hydrogens is 318 g/mol. The van der Waals surface area contributed by atoms with Crippen molar-refractivity contribution >= 4 is 32.3 Å². The molecule has 2 heteroatoms. The van der Waals surface area contributed by atoms with Crippen molar-refractivity contribution in [3.63, 3.8) is 0 Å². The van der Waals surface area contributed by atoms with Crippen LogP contribution in [-0.4, -0.2) is 36.2 Å². The van der Waals surface area contributed by atoms with Crippen LogP contribution in [0.5, 0.6) is 0 Å². The van der Waals surface area contributed by atoms with Gasteiger partial charge in [-0.05, 0) is 58.8 Å². The van der Waals surface area contributed by atoms with Gasteiger partial charge in [-0.2, -0.15) is 0 Å². The number of likely N-dealkylation sites (tertiary alicyclic amines) is 1. The smallest absolute Gasteiger partial charge is 0.0586 e. The first kappa shape index (κ1) is 17.0. The molecule has 1 saturated heterocycles. The first-order valence-electron chi connectivity index (χ1n) is 9.38. The van der Waals surface area contributed by atoms with E-state index in [0.717, 1.165) is 6.54 Å². The second kappa shape index (κ2) is 7.45. The van der Waals surface area contributed by atoms with E-state index in [1.54, 1.807) is 0 Å². The van der Waals surface area contributed by atoms with E-state index in [1.165, 1.54) is 45.2 Å². The van der Waals surface area contributed by atoms with Gasteiger partial charge in [-0.3, -0.25) is 0 Å². The molecule has 0 saturated carbocycles. The van der Waals surface area contributed by atoms with Crippen LogP contribution in [-0.2, 0) is 0 Å². The van der Waals surface area contributed by atoms with Gasteiger partial charge in [-0.25, -0.2) is 0 Å². The molecule has 1 heterocycles. The van der Waals surface area contributed by atoms with Crippen LogP contribution in [0.1, 0.15) is 12.8 Å². The summed E-state index contributed by atoms with van der Waals surface area (Å²) in [6.07, 6.45) is 2.43.